The third kappa shape index (κ3) is 4.19. The summed E-state index contributed by atoms with van der Waals surface area (Å²) in [6, 6.07) is 20.8. The van der Waals surface area contributed by atoms with Gasteiger partial charge in [-0.05, 0) is 18.1 Å². The summed E-state index contributed by atoms with van der Waals surface area (Å²) in [5.74, 6) is 0. The van der Waals surface area contributed by atoms with E-state index in [4.69, 9.17) is 4.74 Å². The van der Waals surface area contributed by atoms with Gasteiger partial charge in [-0.3, -0.25) is 0 Å². The molecule has 0 saturated heterocycles. The van der Waals surface area contributed by atoms with Crippen molar-refractivity contribution in [1.29, 1.82) is 0 Å². The molecule has 2 aromatic rings. The fourth-order valence-corrected chi connectivity index (χ4v) is 2.11. The molecular formula is C17H22NO+. The van der Waals surface area contributed by atoms with Crippen LogP contribution in [0.3, 0.4) is 0 Å². The van der Waals surface area contributed by atoms with Crippen LogP contribution in [-0.4, -0.2) is 19.7 Å². The molecule has 2 rings (SSSR count). The first kappa shape index (κ1) is 13.8. The molecule has 100 valence electrons. The fraction of sp³-hybridized carbons (Fsp3) is 0.294. The Morgan fingerprint density at radius 2 is 1.42 bits per heavy atom. The molecule has 0 heterocycles. The number of likely N-dealkylation sites (N-methyl/N-ethyl adjacent to an activating group) is 1. The fourth-order valence-electron chi connectivity index (χ4n) is 2.11. The van der Waals surface area contributed by atoms with Crippen molar-refractivity contribution in [2.24, 2.45) is 0 Å². The van der Waals surface area contributed by atoms with Gasteiger partial charge in [0, 0.05) is 0 Å². The normalized spacial score (nSPS) is 10.8. The van der Waals surface area contributed by atoms with E-state index in [1.165, 1.54) is 11.1 Å². The van der Waals surface area contributed by atoms with E-state index in [9.17, 15) is 0 Å². The van der Waals surface area contributed by atoms with Gasteiger partial charge in [-0.1, -0.05) is 60.7 Å². The zero-order valence-electron chi connectivity index (χ0n) is 11.5. The minimum absolute atomic E-state index is 0.0349. The lowest BCUT2D eigenvalue weighted by Crippen LogP contribution is -2.84. The van der Waals surface area contributed by atoms with Crippen LogP contribution < -0.4 is 5.32 Å². The highest BCUT2D eigenvalue weighted by atomic mass is 16.5. The number of ether oxygens (including phenoxy) is 1. The second-order valence-electron chi connectivity index (χ2n) is 4.56. The van der Waals surface area contributed by atoms with Gasteiger partial charge in [0.05, 0.1) is 19.7 Å². The van der Waals surface area contributed by atoms with Gasteiger partial charge in [0.25, 0.3) is 0 Å². The summed E-state index contributed by atoms with van der Waals surface area (Å²) in [4.78, 5) is 0. The predicted octanol–water partition coefficient (Wildman–Crippen LogP) is 2.38. The molecule has 0 aliphatic rings. The van der Waals surface area contributed by atoms with Crippen molar-refractivity contribution in [2.75, 3.05) is 19.7 Å². The minimum Gasteiger partial charge on any atom is -0.363 e. The molecule has 0 amide bonds. The third-order valence-corrected chi connectivity index (χ3v) is 3.10. The molecule has 2 N–H and O–H groups in total. The molecule has 0 aliphatic heterocycles. The number of hydrogen-bond donors (Lipinski definition) is 1. The Labute approximate surface area is 115 Å². The highest BCUT2D eigenvalue weighted by molar-refractivity contribution is 5.29. The summed E-state index contributed by atoms with van der Waals surface area (Å²) in [6.45, 7) is 5.03. The number of quaternary nitrogens is 1. The van der Waals surface area contributed by atoms with Crippen molar-refractivity contribution in [3.8, 4) is 0 Å². The summed E-state index contributed by atoms with van der Waals surface area (Å²) >= 11 is 0. The smallest absolute Gasteiger partial charge is 0.108 e. The lowest BCUT2D eigenvalue weighted by atomic mass is 10.0. The highest BCUT2D eigenvalue weighted by Crippen LogP contribution is 2.25. The van der Waals surface area contributed by atoms with Gasteiger partial charge in [0.2, 0.25) is 0 Å². The first-order chi connectivity index (χ1) is 9.42. The van der Waals surface area contributed by atoms with Gasteiger partial charge in [-0.15, -0.1) is 0 Å². The van der Waals surface area contributed by atoms with Crippen molar-refractivity contribution in [1.82, 2.24) is 0 Å². The van der Waals surface area contributed by atoms with Crippen molar-refractivity contribution >= 4 is 0 Å². The van der Waals surface area contributed by atoms with E-state index in [1.807, 2.05) is 12.1 Å². The molecule has 0 aliphatic carbocycles. The van der Waals surface area contributed by atoms with Gasteiger partial charge >= 0.3 is 0 Å². The maximum Gasteiger partial charge on any atom is 0.108 e. The van der Waals surface area contributed by atoms with E-state index in [0.717, 1.165) is 19.7 Å². The Balaban J connectivity index is 2.10. The zero-order chi connectivity index (χ0) is 13.3. The number of hydrogen-bond acceptors (Lipinski definition) is 1. The Hall–Kier alpha value is -1.64. The molecule has 0 spiro atoms. The van der Waals surface area contributed by atoms with E-state index in [0.29, 0.717) is 0 Å². The minimum atomic E-state index is 0.0349. The maximum absolute atomic E-state index is 6.09. The van der Waals surface area contributed by atoms with Crippen molar-refractivity contribution in [3.05, 3.63) is 71.8 Å². The van der Waals surface area contributed by atoms with Crippen LogP contribution >= 0.6 is 0 Å². The molecule has 0 bridgehead atoms. The largest absolute Gasteiger partial charge is 0.363 e. The van der Waals surface area contributed by atoms with Crippen LogP contribution in [0.15, 0.2) is 60.7 Å². The van der Waals surface area contributed by atoms with E-state index >= 15 is 0 Å². The van der Waals surface area contributed by atoms with Crippen LogP contribution in [0.5, 0.6) is 0 Å². The van der Waals surface area contributed by atoms with Crippen molar-refractivity contribution in [3.63, 3.8) is 0 Å². The van der Waals surface area contributed by atoms with E-state index in [-0.39, 0.29) is 6.10 Å². The molecule has 0 unspecified atom stereocenters. The first-order valence-electron chi connectivity index (χ1n) is 6.95. The number of benzene rings is 2. The van der Waals surface area contributed by atoms with Gasteiger partial charge < -0.3 is 10.1 Å². The van der Waals surface area contributed by atoms with E-state index in [1.54, 1.807) is 0 Å². The molecule has 19 heavy (non-hydrogen) atoms. The van der Waals surface area contributed by atoms with Crippen molar-refractivity contribution < 1.29 is 10.1 Å². The molecule has 0 fully saturated rings. The Morgan fingerprint density at radius 3 is 1.89 bits per heavy atom. The topological polar surface area (TPSA) is 25.8 Å². The first-order valence-corrected chi connectivity index (χ1v) is 6.95. The lowest BCUT2D eigenvalue weighted by molar-refractivity contribution is -0.653. The van der Waals surface area contributed by atoms with E-state index < -0.39 is 0 Å². The van der Waals surface area contributed by atoms with Crippen LogP contribution in [0, 0.1) is 0 Å². The molecule has 0 atom stereocenters. The second kappa shape index (κ2) is 7.72. The van der Waals surface area contributed by atoms with Crippen LogP contribution in [0.2, 0.25) is 0 Å². The van der Waals surface area contributed by atoms with Crippen molar-refractivity contribution in [2.45, 2.75) is 13.0 Å². The Kier molecular flexibility index (Phi) is 5.60. The summed E-state index contributed by atoms with van der Waals surface area (Å²) in [5, 5.41) is 2.26. The summed E-state index contributed by atoms with van der Waals surface area (Å²) in [5.41, 5.74) is 2.43. The monoisotopic (exact) mass is 256 g/mol. The summed E-state index contributed by atoms with van der Waals surface area (Å²) < 4.78 is 6.09. The lowest BCUT2D eigenvalue weighted by Gasteiger charge is -2.18. The van der Waals surface area contributed by atoms with Gasteiger partial charge in [-0.25, -0.2) is 0 Å². The zero-order valence-corrected chi connectivity index (χ0v) is 11.5. The average Bonchev–Trinajstić information content (AvgIpc) is 2.49. The molecule has 2 heteroatoms. The van der Waals surface area contributed by atoms with Gasteiger partial charge in [0.1, 0.15) is 6.10 Å². The number of rotatable bonds is 7. The van der Waals surface area contributed by atoms with Crippen LogP contribution in [0.25, 0.3) is 0 Å². The Bertz CT molecular complexity index is 416. The predicted molar refractivity (Wildman–Crippen MR) is 78.0 cm³/mol. The van der Waals surface area contributed by atoms with E-state index in [2.05, 4.69) is 60.8 Å². The summed E-state index contributed by atoms with van der Waals surface area (Å²) in [7, 11) is 0. The second-order valence-corrected chi connectivity index (χ2v) is 4.56. The maximum atomic E-state index is 6.09. The van der Waals surface area contributed by atoms with Gasteiger partial charge in [0.15, 0.2) is 0 Å². The average molecular weight is 256 g/mol. The molecular weight excluding hydrogens is 234 g/mol. The third-order valence-electron chi connectivity index (χ3n) is 3.10. The Morgan fingerprint density at radius 1 is 0.895 bits per heavy atom. The molecule has 0 saturated carbocycles. The van der Waals surface area contributed by atoms with Crippen LogP contribution in [-0.2, 0) is 4.74 Å². The standard InChI is InChI=1S/C17H21NO/c1-2-18-13-14-19-17(15-9-5-3-6-10-15)16-11-7-4-8-12-16/h3-12,17-18H,2,13-14H2,1H3/p+1. The SMILES string of the molecule is CC[NH2+]CCOC(c1ccccc1)c1ccccc1. The molecule has 2 aromatic carbocycles. The molecule has 0 aromatic heterocycles. The number of nitrogens with two attached hydrogens (primary N) is 1. The molecule has 2 nitrogen and oxygen atoms in total. The molecule has 0 radical (unpaired) electrons. The van der Waals surface area contributed by atoms with Crippen LogP contribution in [0.1, 0.15) is 24.2 Å². The quantitative estimate of drug-likeness (QED) is 0.756. The summed E-state index contributed by atoms with van der Waals surface area (Å²) in [6.07, 6.45) is 0.0349. The highest BCUT2D eigenvalue weighted by Gasteiger charge is 2.13. The van der Waals surface area contributed by atoms with Crippen LogP contribution in [0.4, 0.5) is 0 Å². The van der Waals surface area contributed by atoms with Gasteiger partial charge in [-0.2, -0.15) is 0 Å².